The molecule has 88 valence electrons. The van der Waals surface area contributed by atoms with Gasteiger partial charge in [-0.3, -0.25) is 4.79 Å². The van der Waals surface area contributed by atoms with E-state index < -0.39 is 0 Å². The van der Waals surface area contributed by atoms with E-state index in [1.54, 1.807) is 7.11 Å². The third-order valence-corrected chi connectivity index (χ3v) is 2.94. The van der Waals surface area contributed by atoms with Crippen LogP contribution in [0.1, 0.15) is 32.6 Å². The highest BCUT2D eigenvalue weighted by Gasteiger charge is 2.28. The van der Waals surface area contributed by atoms with Gasteiger partial charge in [0.25, 0.3) is 0 Å². The molecule has 0 radical (unpaired) electrons. The third kappa shape index (κ3) is 5.14. The van der Waals surface area contributed by atoms with Crippen LogP contribution in [0.2, 0.25) is 0 Å². The molecule has 15 heavy (non-hydrogen) atoms. The first-order valence-electron chi connectivity index (χ1n) is 5.68. The van der Waals surface area contributed by atoms with Crippen molar-refractivity contribution in [1.82, 2.24) is 5.32 Å². The third-order valence-electron chi connectivity index (χ3n) is 2.94. The van der Waals surface area contributed by atoms with Gasteiger partial charge in [0.05, 0.1) is 6.10 Å². The molecule has 4 heteroatoms. The van der Waals surface area contributed by atoms with Gasteiger partial charge in [-0.2, -0.15) is 0 Å². The Bertz CT molecular complexity index is 205. The van der Waals surface area contributed by atoms with Crippen LogP contribution in [0.5, 0.6) is 0 Å². The molecule has 0 heterocycles. The van der Waals surface area contributed by atoms with Crippen LogP contribution >= 0.6 is 0 Å². The standard InChI is InChI=1S/C11H22N2O2/c1-8(15-2)3-6-11(14)13-7-10(12)9-4-5-9/h8-10H,3-7,12H2,1-2H3,(H,13,14). The van der Waals surface area contributed by atoms with Gasteiger partial charge in [-0.15, -0.1) is 0 Å². The van der Waals surface area contributed by atoms with E-state index in [4.69, 9.17) is 10.5 Å². The minimum Gasteiger partial charge on any atom is -0.382 e. The monoisotopic (exact) mass is 214 g/mol. The van der Waals surface area contributed by atoms with Gasteiger partial charge in [0.2, 0.25) is 5.91 Å². The molecular formula is C11H22N2O2. The maximum Gasteiger partial charge on any atom is 0.220 e. The Morgan fingerprint density at radius 1 is 1.60 bits per heavy atom. The molecule has 0 aromatic rings. The summed E-state index contributed by atoms with van der Waals surface area (Å²) in [5, 5.41) is 2.86. The topological polar surface area (TPSA) is 64.3 Å². The van der Waals surface area contributed by atoms with Gasteiger partial charge in [0.1, 0.15) is 0 Å². The number of carbonyl (C=O) groups is 1. The molecular weight excluding hydrogens is 192 g/mol. The second-order valence-corrected chi connectivity index (χ2v) is 4.39. The van der Waals surface area contributed by atoms with Crippen molar-refractivity contribution in [3.8, 4) is 0 Å². The first-order chi connectivity index (χ1) is 7.13. The first-order valence-corrected chi connectivity index (χ1v) is 5.68. The fraction of sp³-hybridized carbons (Fsp3) is 0.909. The lowest BCUT2D eigenvalue weighted by Gasteiger charge is -2.12. The van der Waals surface area contributed by atoms with Crippen LogP contribution in [0.4, 0.5) is 0 Å². The Labute approximate surface area is 91.5 Å². The first kappa shape index (κ1) is 12.5. The molecule has 0 aliphatic heterocycles. The van der Waals surface area contributed by atoms with E-state index in [0.717, 1.165) is 6.42 Å². The Morgan fingerprint density at radius 3 is 2.80 bits per heavy atom. The fourth-order valence-corrected chi connectivity index (χ4v) is 1.46. The summed E-state index contributed by atoms with van der Waals surface area (Å²) < 4.78 is 5.07. The van der Waals surface area contributed by atoms with Crippen molar-refractivity contribution in [2.75, 3.05) is 13.7 Å². The molecule has 3 N–H and O–H groups in total. The number of hydrogen-bond donors (Lipinski definition) is 2. The number of nitrogens with one attached hydrogen (secondary N) is 1. The molecule has 1 aliphatic rings. The predicted octanol–water partition coefficient (Wildman–Crippen LogP) is 0.655. The maximum absolute atomic E-state index is 11.4. The van der Waals surface area contributed by atoms with Gasteiger partial charge in [-0.05, 0) is 32.1 Å². The van der Waals surface area contributed by atoms with Crippen LogP contribution in [0.25, 0.3) is 0 Å². The van der Waals surface area contributed by atoms with Gasteiger partial charge < -0.3 is 15.8 Å². The number of carbonyl (C=O) groups excluding carboxylic acids is 1. The van der Waals surface area contributed by atoms with E-state index in [-0.39, 0.29) is 18.1 Å². The van der Waals surface area contributed by atoms with E-state index in [0.29, 0.717) is 18.9 Å². The SMILES string of the molecule is COC(C)CCC(=O)NCC(N)C1CC1. The van der Waals surface area contributed by atoms with Crippen LogP contribution in [0, 0.1) is 5.92 Å². The number of nitrogens with two attached hydrogens (primary N) is 1. The van der Waals surface area contributed by atoms with E-state index in [1.165, 1.54) is 12.8 Å². The highest BCUT2D eigenvalue weighted by atomic mass is 16.5. The minimum atomic E-state index is 0.0787. The van der Waals surface area contributed by atoms with Gasteiger partial charge in [-0.1, -0.05) is 0 Å². The summed E-state index contributed by atoms with van der Waals surface area (Å²) >= 11 is 0. The van der Waals surface area contributed by atoms with Crippen molar-refractivity contribution in [1.29, 1.82) is 0 Å². The lowest BCUT2D eigenvalue weighted by atomic mass is 10.2. The van der Waals surface area contributed by atoms with E-state index in [9.17, 15) is 4.79 Å². The molecule has 0 bridgehead atoms. The fourth-order valence-electron chi connectivity index (χ4n) is 1.46. The molecule has 1 aliphatic carbocycles. The van der Waals surface area contributed by atoms with Gasteiger partial charge in [-0.25, -0.2) is 0 Å². The molecule has 1 saturated carbocycles. The average Bonchev–Trinajstić information content (AvgIpc) is 3.05. The molecule has 0 spiro atoms. The van der Waals surface area contributed by atoms with Crippen LogP contribution in [0.15, 0.2) is 0 Å². The van der Waals surface area contributed by atoms with Crippen molar-refractivity contribution in [3.05, 3.63) is 0 Å². The summed E-state index contributed by atoms with van der Waals surface area (Å²) in [7, 11) is 1.66. The van der Waals surface area contributed by atoms with Crippen molar-refractivity contribution in [3.63, 3.8) is 0 Å². The zero-order valence-electron chi connectivity index (χ0n) is 9.66. The second-order valence-electron chi connectivity index (χ2n) is 4.39. The zero-order chi connectivity index (χ0) is 11.3. The number of rotatable bonds is 7. The lowest BCUT2D eigenvalue weighted by molar-refractivity contribution is -0.121. The summed E-state index contributed by atoms with van der Waals surface area (Å²) in [6.07, 6.45) is 3.87. The largest absolute Gasteiger partial charge is 0.382 e. The molecule has 4 nitrogen and oxygen atoms in total. The molecule has 2 unspecified atom stereocenters. The van der Waals surface area contributed by atoms with Crippen LogP contribution in [-0.4, -0.2) is 31.7 Å². The normalized spacial score (nSPS) is 19.7. The van der Waals surface area contributed by atoms with Crippen molar-refractivity contribution in [2.45, 2.75) is 44.8 Å². The maximum atomic E-state index is 11.4. The van der Waals surface area contributed by atoms with Crippen molar-refractivity contribution >= 4 is 5.91 Å². The molecule has 0 aromatic heterocycles. The molecule has 0 saturated heterocycles. The van der Waals surface area contributed by atoms with E-state index in [1.807, 2.05) is 6.92 Å². The zero-order valence-corrected chi connectivity index (χ0v) is 9.66. The van der Waals surface area contributed by atoms with Crippen LogP contribution in [0.3, 0.4) is 0 Å². The Morgan fingerprint density at radius 2 is 2.27 bits per heavy atom. The summed E-state index contributed by atoms with van der Waals surface area (Å²) in [5.41, 5.74) is 5.87. The molecule has 1 rings (SSSR count). The minimum absolute atomic E-state index is 0.0787. The Balaban J connectivity index is 2.02. The molecule has 1 amide bonds. The van der Waals surface area contributed by atoms with Crippen molar-refractivity contribution in [2.24, 2.45) is 11.7 Å². The highest BCUT2D eigenvalue weighted by Crippen LogP contribution is 2.31. The number of amides is 1. The van der Waals surface area contributed by atoms with Crippen LogP contribution in [-0.2, 0) is 9.53 Å². The summed E-state index contributed by atoms with van der Waals surface area (Å²) in [5.74, 6) is 0.721. The highest BCUT2D eigenvalue weighted by molar-refractivity contribution is 5.75. The number of hydrogen-bond acceptors (Lipinski definition) is 3. The second kappa shape index (κ2) is 6.08. The van der Waals surface area contributed by atoms with E-state index in [2.05, 4.69) is 5.32 Å². The average molecular weight is 214 g/mol. The lowest BCUT2D eigenvalue weighted by Crippen LogP contribution is -2.38. The Hall–Kier alpha value is -0.610. The number of methoxy groups -OCH3 is 1. The van der Waals surface area contributed by atoms with Crippen molar-refractivity contribution < 1.29 is 9.53 Å². The summed E-state index contributed by atoms with van der Waals surface area (Å²) in [4.78, 5) is 11.4. The van der Waals surface area contributed by atoms with Gasteiger partial charge in [0.15, 0.2) is 0 Å². The molecule has 0 aromatic carbocycles. The predicted molar refractivity (Wildman–Crippen MR) is 59.4 cm³/mol. The Kier molecular flexibility index (Phi) is 5.05. The smallest absolute Gasteiger partial charge is 0.220 e. The number of ether oxygens (including phenoxy) is 1. The summed E-state index contributed by atoms with van der Waals surface area (Å²) in [6.45, 7) is 2.58. The van der Waals surface area contributed by atoms with E-state index >= 15 is 0 Å². The van der Waals surface area contributed by atoms with Gasteiger partial charge in [0, 0.05) is 26.1 Å². The molecule has 2 atom stereocenters. The molecule has 1 fully saturated rings. The summed E-state index contributed by atoms with van der Waals surface area (Å²) in [6, 6.07) is 0.147. The van der Waals surface area contributed by atoms with Gasteiger partial charge >= 0.3 is 0 Å². The quantitative estimate of drug-likeness (QED) is 0.654. The van der Waals surface area contributed by atoms with Crippen LogP contribution < -0.4 is 11.1 Å².